The summed E-state index contributed by atoms with van der Waals surface area (Å²) in [6, 6.07) is 47.7. The first kappa shape index (κ1) is 57.5. The maximum Gasteiger partial charge on any atom is 0.252 e. The van der Waals surface area contributed by atoms with Gasteiger partial charge in [-0.2, -0.15) is 8.61 Å². The lowest BCUT2D eigenvalue weighted by molar-refractivity contribution is 0.0943. The van der Waals surface area contributed by atoms with Gasteiger partial charge in [0.25, 0.3) is 31.9 Å². The Morgan fingerprint density at radius 1 is 0.519 bits per heavy atom. The second-order valence-corrected chi connectivity index (χ2v) is 26.3. The smallest absolute Gasteiger partial charge is 0.252 e. The van der Waals surface area contributed by atoms with Gasteiger partial charge >= 0.3 is 0 Å². The zero-order valence-corrected chi connectivity index (χ0v) is 48.3. The Labute approximate surface area is 473 Å². The molecule has 20 heteroatoms. The number of hydrogen-bond donors (Lipinski definition) is 4. The topological polar surface area (TPSA) is 185 Å². The number of ether oxygens (including phenoxy) is 3. The largest absolute Gasteiger partial charge is 0.497 e. The van der Waals surface area contributed by atoms with Crippen LogP contribution in [0, 0.1) is 3.57 Å². The molecule has 2 saturated heterocycles. The molecule has 15 nitrogen and oxygen atoms in total. The zero-order valence-electron chi connectivity index (χ0n) is 42.9. The van der Waals surface area contributed by atoms with Crippen LogP contribution in [0.4, 0.5) is 0 Å². The average Bonchev–Trinajstić information content (AvgIpc) is 4.18. The van der Waals surface area contributed by atoms with E-state index in [1.54, 1.807) is 95.6 Å². The van der Waals surface area contributed by atoms with Crippen molar-refractivity contribution in [3.63, 3.8) is 0 Å². The van der Waals surface area contributed by atoms with Crippen LogP contribution in [0.2, 0.25) is 0 Å². The fourth-order valence-corrected chi connectivity index (χ4v) is 14.9. The SMILES string of the molecule is COc1cccc(C(=O)NCc2ccc(S(=O)(=O)N3CCC(NCc4ccc(I)cc4)CC3)s2)c1.COc1cccc(C(=O)NCc2ccc(S(=O)(=O)N3CCC(NCc4ccc(OCc5ccccc5)cc4)CC3)s2)c1. The van der Waals surface area contributed by atoms with Gasteiger partial charge in [0.05, 0.1) is 27.3 Å². The minimum Gasteiger partial charge on any atom is -0.497 e. The van der Waals surface area contributed by atoms with E-state index >= 15 is 0 Å². The van der Waals surface area contributed by atoms with E-state index in [0.29, 0.717) is 76.4 Å². The van der Waals surface area contributed by atoms with Crippen LogP contribution in [-0.4, -0.2) is 89.7 Å². The number of sulfonamides is 2. The van der Waals surface area contributed by atoms with E-state index in [4.69, 9.17) is 14.2 Å². The minimum atomic E-state index is -3.58. The van der Waals surface area contributed by atoms with Crippen LogP contribution >= 0.6 is 45.3 Å². The average molecular weight is 1230 g/mol. The predicted molar refractivity (Wildman–Crippen MR) is 311 cm³/mol. The van der Waals surface area contributed by atoms with Crippen molar-refractivity contribution in [2.45, 2.75) is 79.0 Å². The molecule has 2 amide bonds. The van der Waals surface area contributed by atoms with E-state index in [-0.39, 0.29) is 30.9 Å². The quantitative estimate of drug-likeness (QED) is 0.0503. The van der Waals surface area contributed by atoms with E-state index in [9.17, 15) is 26.4 Å². The van der Waals surface area contributed by atoms with Crippen molar-refractivity contribution in [2.24, 2.45) is 0 Å². The van der Waals surface area contributed by atoms with Crippen molar-refractivity contribution < 1.29 is 40.6 Å². The molecule has 2 fully saturated rings. The molecule has 0 bridgehead atoms. The standard InChI is InChI=1S/C32H35N3O5S2.C25H28IN3O4S2/c1-39-29-9-5-8-26(20-29)32(36)34-22-30-14-15-31(41-30)42(37,38)35-18-16-27(17-19-35)33-21-24-10-12-28(13-11-24)40-23-25-6-3-2-4-7-25;1-33-22-4-2-3-19(15-22)25(30)28-17-23-9-10-24(34-23)35(31,32)29-13-11-21(12-14-29)27-16-18-5-7-20(26)8-6-18/h2-15,20,27,33H,16-19,21-23H2,1H3,(H,34,36);2-10,15,21,27H,11-14,16-17H2,1H3,(H,28,30). The monoisotopic (exact) mass is 1230 g/mol. The highest BCUT2D eigenvalue weighted by Gasteiger charge is 2.32. The number of piperidine rings is 2. The van der Waals surface area contributed by atoms with Crippen LogP contribution in [0.5, 0.6) is 17.2 Å². The second-order valence-electron chi connectivity index (χ2n) is 18.4. The van der Waals surface area contributed by atoms with Gasteiger partial charge in [-0.05, 0) is 150 Å². The summed E-state index contributed by atoms with van der Waals surface area (Å²) < 4.78 is 74.1. The Balaban J connectivity index is 0.000000207. The first-order valence-electron chi connectivity index (χ1n) is 25.2. The number of hydrogen-bond acceptors (Lipinski definition) is 13. The first-order valence-corrected chi connectivity index (χ1v) is 30.8. The fourth-order valence-electron chi connectivity index (χ4n) is 8.68. The van der Waals surface area contributed by atoms with Gasteiger partial charge < -0.3 is 35.5 Å². The molecule has 2 aliphatic heterocycles. The maximum absolute atomic E-state index is 13.3. The summed E-state index contributed by atoms with van der Waals surface area (Å²) in [6.45, 7) is 4.46. The fraction of sp³-hybridized carbons (Fsp3) is 0.298. The van der Waals surface area contributed by atoms with Crippen molar-refractivity contribution in [3.05, 3.63) is 193 Å². The number of thiophene rings is 2. The van der Waals surface area contributed by atoms with Gasteiger partial charge in [0.15, 0.2) is 0 Å². The zero-order chi connectivity index (χ0) is 54.2. The van der Waals surface area contributed by atoms with Crippen molar-refractivity contribution in [3.8, 4) is 17.2 Å². The molecule has 0 aliphatic carbocycles. The lowest BCUT2D eigenvalue weighted by Crippen LogP contribution is -2.44. The number of rotatable bonds is 21. The van der Waals surface area contributed by atoms with Crippen LogP contribution in [0.3, 0.4) is 0 Å². The number of carbonyl (C=O) groups excluding carboxylic acids is 2. The summed E-state index contributed by atoms with van der Waals surface area (Å²) in [5.41, 5.74) is 4.49. The number of nitrogens with zero attached hydrogens (tertiary/aromatic N) is 2. The van der Waals surface area contributed by atoms with Crippen molar-refractivity contribution in [2.75, 3.05) is 40.4 Å². The maximum atomic E-state index is 13.3. The summed E-state index contributed by atoms with van der Waals surface area (Å²) in [5, 5.41) is 12.8. The Hall–Kier alpha value is -5.69. The summed E-state index contributed by atoms with van der Waals surface area (Å²) >= 11 is 4.69. The molecule has 5 aromatic carbocycles. The number of nitrogens with one attached hydrogen (secondary N) is 4. The molecule has 4 N–H and O–H groups in total. The van der Waals surface area contributed by atoms with Crippen LogP contribution in [0.25, 0.3) is 0 Å². The Bertz CT molecular complexity index is 3250. The lowest BCUT2D eigenvalue weighted by atomic mass is 10.1. The molecule has 406 valence electrons. The summed E-state index contributed by atoms with van der Waals surface area (Å²) in [7, 11) is -4.02. The number of methoxy groups -OCH3 is 2. The number of carbonyl (C=O) groups is 2. The van der Waals surface area contributed by atoms with Gasteiger partial charge in [-0.1, -0.05) is 66.7 Å². The van der Waals surface area contributed by atoms with Crippen molar-refractivity contribution >= 4 is 77.1 Å². The molecule has 0 saturated carbocycles. The molecular formula is C57H63IN6O9S4. The van der Waals surface area contributed by atoms with Crippen LogP contribution < -0.4 is 35.5 Å². The molecule has 0 spiro atoms. The highest BCUT2D eigenvalue weighted by molar-refractivity contribution is 14.1. The molecule has 0 unspecified atom stereocenters. The lowest BCUT2D eigenvalue weighted by Gasteiger charge is -2.31. The molecule has 77 heavy (non-hydrogen) atoms. The van der Waals surface area contributed by atoms with Gasteiger partial charge in [-0.15, -0.1) is 22.7 Å². The van der Waals surface area contributed by atoms with E-state index in [1.165, 1.54) is 31.8 Å². The third-order valence-corrected chi connectivity index (χ3v) is 20.8. The third-order valence-electron chi connectivity index (χ3n) is 13.2. The number of halogens is 1. The van der Waals surface area contributed by atoms with Crippen LogP contribution in [0.1, 0.15) is 72.8 Å². The van der Waals surface area contributed by atoms with E-state index in [2.05, 4.69) is 80.3 Å². The molecule has 0 atom stereocenters. The van der Waals surface area contributed by atoms with Gasteiger partial charge in [0, 0.05) is 75.8 Å². The second kappa shape index (κ2) is 27.8. The van der Waals surface area contributed by atoms with Crippen LogP contribution in [0.15, 0.2) is 160 Å². The van der Waals surface area contributed by atoms with Gasteiger partial charge in [-0.3, -0.25) is 9.59 Å². The van der Waals surface area contributed by atoms with E-state index < -0.39 is 20.0 Å². The molecule has 4 heterocycles. The molecule has 9 rings (SSSR count). The molecular weight excluding hydrogens is 1170 g/mol. The number of amides is 2. The summed E-state index contributed by atoms with van der Waals surface area (Å²) in [5.74, 6) is 1.56. The molecule has 2 aromatic heterocycles. The molecule has 0 radical (unpaired) electrons. The van der Waals surface area contributed by atoms with E-state index in [1.807, 2.05) is 42.5 Å². The van der Waals surface area contributed by atoms with Gasteiger partial charge in [0.2, 0.25) is 0 Å². The Morgan fingerprint density at radius 3 is 1.40 bits per heavy atom. The molecule has 2 aliphatic rings. The third kappa shape index (κ3) is 16.4. The number of benzene rings is 5. The predicted octanol–water partition coefficient (Wildman–Crippen LogP) is 9.44. The summed E-state index contributed by atoms with van der Waals surface area (Å²) in [6.07, 6.45) is 3.04. The van der Waals surface area contributed by atoms with Gasteiger partial charge in [-0.25, -0.2) is 16.8 Å². The molecule has 7 aromatic rings. The Kier molecular flexibility index (Phi) is 20.7. The normalized spacial score (nSPS) is 14.7. The van der Waals surface area contributed by atoms with E-state index in [0.717, 1.165) is 58.9 Å². The highest BCUT2D eigenvalue weighted by Crippen LogP contribution is 2.30. The minimum absolute atomic E-state index is 0.235. The van der Waals surface area contributed by atoms with Gasteiger partial charge in [0.1, 0.15) is 32.3 Å². The van der Waals surface area contributed by atoms with Crippen LogP contribution in [-0.2, 0) is 52.8 Å². The Morgan fingerprint density at radius 2 is 0.961 bits per heavy atom. The first-order chi connectivity index (χ1) is 37.2. The van der Waals surface area contributed by atoms with Crippen molar-refractivity contribution in [1.29, 1.82) is 0 Å². The highest BCUT2D eigenvalue weighted by atomic mass is 127. The summed E-state index contributed by atoms with van der Waals surface area (Å²) in [4.78, 5) is 26.5. The van der Waals surface area contributed by atoms with Crippen molar-refractivity contribution in [1.82, 2.24) is 29.9 Å².